The van der Waals surface area contributed by atoms with E-state index in [4.69, 9.17) is 14.2 Å². The van der Waals surface area contributed by atoms with Crippen molar-refractivity contribution in [1.29, 1.82) is 0 Å². The topological polar surface area (TPSA) is 119 Å². The number of ether oxygens (including phenoxy) is 3. The number of fused-ring (bicyclic) bond motifs is 1. The summed E-state index contributed by atoms with van der Waals surface area (Å²) in [5, 5.41) is 5.86. The number of pyridine rings is 1. The van der Waals surface area contributed by atoms with Crippen molar-refractivity contribution in [3.05, 3.63) is 54.9 Å². The lowest BCUT2D eigenvalue weighted by Crippen LogP contribution is -2.42. The predicted octanol–water partition coefficient (Wildman–Crippen LogP) is 5.95. The van der Waals surface area contributed by atoms with Crippen LogP contribution in [0.15, 0.2) is 21.4 Å². The van der Waals surface area contributed by atoms with Crippen molar-refractivity contribution in [2.75, 3.05) is 0 Å². The van der Waals surface area contributed by atoms with Crippen LogP contribution in [0.1, 0.15) is 92.5 Å². The molecule has 2 aromatic rings. The Labute approximate surface area is 243 Å². The van der Waals surface area contributed by atoms with E-state index in [1.165, 1.54) is 0 Å². The van der Waals surface area contributed by atoms with Crippen LogP contribution in [0.3, 0.4) is 0 Å². The maximum absolute atomic E-state index is 13.2. The van der Waals surface area contributed by atoms with Crippen molar-refractivity contribution in [2.24, 2.45) is 5.92 Å². The van der Waals surface area contributed by atoms with Crippen LogP contribution in [0.4, 0.5) is 4.79 Å². The lowest BCUT2D eigenvalue weighted by atomic mass is 9.82. The van der Waals surface area contributed by atoms with Gasteiger partial charge in [-0.3, -0.25) is 9.59 Å². The summed E-state index contributed by atoms with van der Waals surface area (Å²) in [4.78, 5) is 40.4. The summed E-state index contributed by atoms with van der Waals surface area (Å²) < 4.78 is 18.7. The Bertz CT molecular complexity index is 1360. The van der Waals surface area contributed by atoms with Crippen LogP contribution in [0.25, 0.3) is 0 Å². The molecule has 1 fully saturated rings. The van der Waals surface area contributed by atoms with E-state index >= 15 is 0 Å². The lowest BCUT2D eigenvalue weighted by Gasteiger charge is -2.33. The molecule has 0 radical (unpaired) electrons. The van der Waals surface area contributed by atoms with E-state index in [1.807, 2.05) is 54.5 Å². The molecule has 10 heteroatoms. The van der Waals surface area contributed by atoms with Gasteiger partial charge in [-0.05, 0) is 107 Å². The second-order valence-corrected chi connectivity index (χ2v) is 13.1. The van der Waals surface area contributed by atoms with Crippen molar-refractivity contribution in [3.63, 3.8) is 0 Å². The quantitative estimate of drug-likeness (QED) is 0.368. The van der Waals surface area contributed by atoms with Gasteiger partial charge in [0.2, 0.25) is 5.79 Å². The predicted molar refractivity (Wildman–Crippen MR) is 156 cm³/mol. The fourth-order valence-corrected chi connectivity index (χ4v) is 6.06. The van der Waals surface area contributed by atoms with Gasteiger partial charge in [-0.25, -0.2) is 4.79 Å². The van der Waals surface area contributed by atoms with Crippen molar-refractivity contribution in [1.82, 2.24) is 15.6 Å². The number of halogens is 1. The maximum Gasteiger partial charge on any atom is 0.407 e. The number of aromatic amines is 1. The Hall–Kier alpha value is -3.01. The zero-order chi connectivity index (χ0) is 29.4. The van der Waals surface area contributed by atoms with E-state index in [0.29, 0.717) is 45.0 Å². The molecule has 40 heavy (non-hydrogen) atoms. The molecule has 1 aromatic carbocycles. The van der Waals surface area contributed by atoms with Crippen LogP contribution in [0.2, 0.25) is 0 Å². The van der Waals surface area contributed by atoms with Gasteiger partial charge in [0.25, 0.3) is 11.5 Å². The molecule has 2 amide bonds. The maximum atomic E-state index is 13.2. The molecule has 4 rings (SSSR count). The third-order valence-electron chi connectivity index (χ3n) is 7.47. The number of hydrogen-bond acceptors (Lipinski definition) is 6. The molecule has 0 bridgehead atoms. The summed E-state index contributed by atoms with van der Waals surface area (Å²) in [6.45, 7) is 13.1. The smallest absolute Gasteiger partial charge is 0.407 e. The lowest BCUT2D eigenvalue weighted by molar-refractivity contribution is -0.0836. The number of hydrogen-bond donors (Lipinski definition) is 3. The molecular formula is C30H40BrN3O6. The molecular weight excluding hydrogens is 578 g/mol. The van der Waals surface area contributed by atoms with Crippen LogP contribution in [-0.2, 0) is 11.3 Å². The van der Waals surface area contributed by atoms with Crippen molar-refractivity contribution >= 4 is 27.9 Å². The largest absolute Gasteiger partial charge is 0.448 e. The number of carbonyl (C=O) groups is 2. The number of benzene rings is 1. The third kappa shape index (κ3) is 7.00. The molecule has 0 spiro atoms. The first-order chi connectivity index (χ1) is 18.6. The number of aryl methyl sites for hydroxylation is 2. The number of carbonyl (C=O) groups excluding carboxylic acids is 2. The van der Waals surface area contributed by atoms with Crippen LogP contribution in [0, 0.1) is 26.7 Å². The van der Waals surface area contributed by atoms with Gasteiger partial charge in [0.1, 0.15) is 5.60 Å². The summed E-state index contributed by atoms with van der Waals surface area (Å²) >= 11 is 3.56. The molecule has 2 aliphatic rings. The molecule has 1 unspecified atom stereocenters. The summed E-state index contributed by atoms with van der Waals surface area (Å²) in [6.07, 6.45) is 3.91. The number of rotatable bonds is 6. The number of alkyl carbamates (subject to hydrolysis) is 1. The number of amides is 2. The summed E-state index contributed by atoms with van der Waals surface area (Å²) in [5.41, 5.74) is 2.55. The first kappa shape index (κ1) is 30.0. The Morgan fingerprint density at radius 2 is 1.75 bits per heavy atom. The molecule has 1 aromatic heterocycles. The Balaban J connectivity index is 1.38. The highest BCUT2D eigenvalue weighted by molar-refractivity contribution is 9.10. The summed E-state index contributed by atoms with van der Waals surface area (Å²) in [7, 11) is 0. The van der Waals surface area contributed by atoms with Crippen LogP contribution in [0.5, 0.6) is 11.5 Å². The van der Waals surface area contributed by atoms with E-state index in [1.54, 1.807) is 6.07 Å². The molecule has 1 saturated carbocycles. The van der Waals surface area contributed by atoms with Crippen LogP contribution < -0.4 is 25.7 Å². The molecule has 9 nitrogen and oxygen atoms in total. The van der Waals surface area contributed by atoms with Gasteiger partial charge in [-0.1, -0.05) is 0 Å². The summed E-state index contributed by atoms with van der Waals surface area (Å²) in [5.74, 6) is 0.337. The first-order valence-electron chi connectivity index (χ1n) is 13.8. The van der Waals surface area contributed by atoms with Gasteiger partial charge in [-0.15, -0.1) is 0 Å². The Morgan fingerprint density at radius 3 is 2.38 bits per heavy atom. The molecule has 218 valence electrons. The van der Waals surface area contributed by atoms with E-state index < -0.39 is 11.4 Å². The van der Waals surface area contributed by atoms with Crippen molar-refractivity contribution in [3.8, 4) is 11.5 Å². The zero-order valence-corrected chi connectivity index (χ0v) is 26.0. The number of aromatic nitrogens is 1. The monoisotopic (exact) mass is 617 g/mol. The standard InChI is InChI=1S/C30H40BrN3O6/c1-16-12-17(2)33-27(36)22(16)15-32-26(35)21-13-23(31)25-24(18(21)3)38-30(7,39-25)14-19-8-10-20(11-9-19)34-28(37)40-29(4,5)6/h12-13,19-20H,8-11,14-15H2,1-7H3,(H,32,35)(H,33,36)(H,34,37)/t19-,20-,30?. The summed E-state index contributed by atoms with van der Waals surface area (Å²) in [6, 6.07) is 3.72. The van der Waals surface area contributed by atoms with E-state index in [2.05, 4.69) is 31.5 Å². The fourth-order valence-electron chi connectivity index (χ4n) is 5.57. The van der Waals surface area contributed by atoms with Gasteiger partial charge in [-0.2, -0.15) is 0 Å². The van der Waals surface area contributed by atoms with Gasteiger partial charge >= 0.3 is 6.09 Å². The highest BCUT2D eigenvalue weighted by atomic mass is 79.9. The van der Waals surface area contributed by atoms with Crippen LogP contribution in [-0.4, -0.2) is 34.4 Å². The van der Waals surface area contributed by atoms with Crippen LogP contribution >= 0.6 is 15.9 Å². The molecule has 0 saturated heterocycles. The minimum atomic E-state index is -0.868. The molecule has 3 N–H and O–H groups in total. The zero-order valence-electron chi connectivity index (χ0n) is 24.4. The second kappa shape index (κ2) is 11.5. The van der Waals surface area contributed by atoms with Crippen molar-refractivity contribution < 1.29 is 23.8 Å². The van der Waals surface area contributed by atoms with E-state index in [9.17, 15) is 14.4 Å². The third-order valence-corrected chi connectivity index (χ3v) is 8.05. The minimum absolute atomic E-state index is 0.0956. The highest BCUT2D eigenvalue weighted by Gasteiger charge is 2.42. The molecule has 1 atom stereocenters. The minimum Gasteiger partial charge on any atom is -0.448 e. The second-order valence-electron chi connectivity index (χ2n) is 12.2. The highest BCUT2D eigenvalue weighted by Crippen LogP contribution is 2.50. The number of H-pyrrole nitrogens is 1. The first-order valence-corrected chi connectivity index (χ1v) is 14.6. The average Bonchev–Trinajstić information content (AvgIpc) is 3.18. The van der Waals surface area contributed by atoms with Gasteiger partial charge in [0.15, 0.2) is 11.5 Å². The molecule has 1 aliphatic carbocycles. The Morgan fingerprint density at radius 1 is 1.10 bits per heavy atom. The van der Waals surface area contributed by atoms with Gasteiger partial charge < -0.3 is 29.8 Å². The van der Waals surface area contributed by atoms with Gasteiger partial charge in [0.05, 0.1) is 4.47 Å². The van der Waals surface area contributed by atoms with E-state index in [-0.39, 0.29) is 30.1 Å². The Kier molecular flexibility index (Phi) is 8.59. The number of nitrogens with one attached hydrogen (secondary N) is 3. The fraction of sp³-hybridized carbons (Fsp3) is 0.567. The van der Waals surface area contributed by atoms with E-state index in [0.717, 1.165) is 36.9 Å². The van der Waals surface area contributed by atoms with Crippen molar-refractivity contribution in [2.45, 2.75) is 105 Å². The normalized spacial score (nSPS) is 22.1. The molecule has 1 aliphatic heterocycles. The van der Waals surface area contributed by atoms with Gasteiger partial charge in [0, 0.05) is 48.3 Å². The average molecular weight is 619 g/mol. The molecule has 2 heterocycles. The SMILES string of the molecule is Cc1cc(C)c(CNC(=O)c2cc(Br)c3c(c2C)OC(C)(C[C@H]2CC[C@H](NC(=O)OC(C)(C)C)CC2)O3)c(=O)[nH]1.